The molecular weight excluding hydrogens is 471 g/mol. The molecule has 2 aromatic rings. The second-order valence-electron chi connectivity index (χ2n) is 7.77. The van der Waals surface area contributed by atoms with Gasteiger partial charge in [-0.3, -0.25) is 0 Å². The standard InChI is InChI=1S/C13H27.C11H9O2S.Sn/c1-3-5-7-9-11-13-12-10-8-6-4-2;1-14(12,13)11-8-4-6-9-5-2-3-7-10(9)11;/h1,3-13H2,2H3;2-8H,1H2;. The maximum atomic E-state index is 12.8. The van der Waals surface area contributed by atoms with E-state index in [9.17, 15) is 8.42 Å². The predicted molar refractivity (Wildman–Crippen MR) is 123 cm³/mol. The van der Waals surface area contributed by atoms with Crippen LogP contribution in [0.3, 0.4) is 0 Å². The summed E-state index contributed by atoms with van der Waals surface area (Å²) in [4.78, 5) is 0.533. The molecule has 0 N–H and O–H groups in total. The third-order valence-corrected chi connectivity index (χ3v) is 14.0. The van der Waals surface area contributed by atoms with Crippen LogP contribution in [0.4, 0.5) is 0 Å². The van der Waals surface area contributed by atoms with Crippen molar-refractivity contribution < 1.29 is 8.42 Å². The third kappa shape index (κ3) is 8.44. The summed E-state index contributed by atoms with van der Waals surface area (Å²) >= 11 is -0.841. The van der Waals surface area contributed by atoms with Gasteiger partial charge in [-0.1, -0.05) is 6.92 Å². The molecule has 0 aliphatic rings. The Balaban J connectivity index is 1.58. The van der Waals surface area contributed by atoms with E-state index in [4.69, 9.17) is 0 Å². The average molecular weight is 507 g/mol. The Hall–Kier alpha value is -0.551. The van der Waals surface area contributed by atoms with E-state index in [1.807, 2.05) is 36.4 Å². The molecule has 0 heterocycles. The first-order valence-electron chi connectivity index (χ1n) is 11.1. The minimum atomic E-state index is -3.13. The summed E-state index contributed by atoms with van der Waals surface area (Å²) in [6, 6.07) is 13.4. The van der Waals surface area contributed by atoms with E-state index in [1.54, 1.807) is 6.07 Å². The van der Waals surface area contributed by atoms with Crippen LogP contribution in [-0.2, 0) is 9.84 Å². The summed E-state index contributed by atoms with van der Waals surface area (Å²) in [5.41, 5.74) is 0. The SMILES string of the molecule is CCCCCCCCCCCC[CH2][Sn][CH2]S(=O)(=O)c1cccc2ccccc12. The Bertz CT molecular complexity index is 781. The summed E-state index contributed by atoms with van der Waals surface area (Å²) in [6.07, 6.45) is 14.9. The molecule has 2 nitrogen and oxygen atoms in total. The van der Waals surface area contributed by atoms with Crippen molar-refractivity contribution in [3.05, 3.63) is 42.5 Å². The first kappa shape index (κ1) is 23.7. The van der Waals surface area contributed by atoms with Gasteiger partial charge in [0.25, 0.3) is 0 Å². The fourth-order valence-corrected chi connectivity index (χ4v) is 11.3. The van der Waals surface area contributed by atoms with Crippen molar-refractivity contribution in [3.63, 3.8) is 0 Å². The van der Waals surface area contributed by atoms with Gasteiger partial charge in [0, 0.05) is 0 Å². The molecule has 0 atom stereocenters. The molecular formula is C24H36O2SSn. The first-order chi connectivity index (χ1) is 13.6. The summed E-state index contributed by atoms with van der Waals surface area (Å²) in [5, 5.41) is 1.89. The molecule has 0 saturated carbocycles. The van der Waals surface area contributed by atoms with Crippen LogP contribution in [0.5, 0.6) is 0 Å². The number of hydrogen-bond acceptors (Lipinski definition) is 2. The van der Waals surface area contributed by atoms with Gasteiger partial charge in [0.2, 0.25) is 0 Å². The van der Waals surface area contributed by atoms with Crippen LogP contribution >= 0.6 is 0 Å². The number of sulfone groups is 1. The van der Waals surface area contributed by atoms with Crippen LogP contribution in [0.1, 0.15) is 77.6 Å². The molecule has 0 spiro atoms. The van der Waals surface area contributed by atoms with Crippen LogP contribution in [0.15, 0.2) is 47.4 Å². The van der Waals surface area contributed by atoms with Gasteiger partial charge in [0.1, 0.15) is 0 Å². The van der Waals surface area contributed by atoms with E-state index >= 15 is 0 Å². The monoisotopic (exact) mass is 508 g/mol. The third-order valence-electron chi connectivity index (χ3n) is 5.33. The van der Waals surface area contributed by atoms with E-state index < -0.39 is 31.0 Å². The molecule has 0 bridgehead atoms. The van der Waals surface area contributed by atoms with Gasteiger partial charge in [-0.15, -0.1) is 0 Å². The van der Waals surface area contributed by atoms with Crippen molar-refractivity contribution in [3.8, 4) is 0 Å². The molecule has 0 unspecified atom stereocenters. The Morgan fingerprint density at radius 2 is 1.29 bits per heavy atom. The predicted octanol–water partition coefficient (Wildman–Crippen LogP) is 7.00. The van der Waals surface area contributed by atoms with E-state index in [2.05, 4.69) is 6.92 Å². The second-order valence-corrected chi connectivity index (χ2v) is 15.1. The van der Waals surface area contributed by atoms with Gasteiger partial charge in [-0.05, 0) is 0 Å². The minimum absolute atomic E-state index is 0.433. The fourth-order valence-electron chi connectivity index (χ4n) is 3.67. The van der Waals surface area contributed by atoms with E-state index in [0.717, 1.165) is 10.8 Å². The zero-order chi connectivity index (χ0) is 20.1. The van der Waals surface area contributed by atoms with Crippen molar-refractivity contribution >= 4 is 41.8 Å². The van der Waals surface area contributed by atoms with Gasteiger partial charge in [-0.25, -0.2) is 0 Å². The first-order valence-corrected chi connectivity index (χ1v) is 16.8. The molecule has 2 radical (unpaired) electrons. The number of unbranched alkanes of at least 4 members (excludes halogenated alkanes) is 10. The molecule has 0 aromatic heterocycles. The van der Waals surface area contributed by atoms with Gasteiger partial charge >= 0.3 is 176 Å². The molecule has 0 saturated heterocycles. The zero-order valence-electron chi connectivity index (χ0n) is 17.5. The van der Waals surface area contributed by atoms with Gasteiger partial charge < -0.3 is 0 Å². The molecule has 0 fully saturated rings. The Morgan fingerprint density at radius 3 is 1.96 bits per heavy atom. The van der Waals surface area contributed by atoms with Crippen molar-refractivity contribution in [2.24, 2.45) is 0 Å². The van der Waals surface area contributed by atoms with Crippen molar-refractivity contribution in [2.45, 2.75) is 86.9 Å². The van der Waals surface area contributed by atoms with Crippen molar-refractivity contribution in [1.82, 2.24) is 0 Å². The summed E-state index contributed by atoms with van der Waals surface area (Å²) in [7, 11) is -3.13. The summed E-state index contributed by atoms with van der Waals surface area (Å²) in [6.45, 7) is 2.27. The number of hydrogen-bond donors (Lipinski definition) is 0. The van der Waals surface area contributed by atoms with Crippen molar-refractivity contribution in [1.29, 1.82) is 0 Å². The van der Waals surface area contributed by atoms with Crippen LogP contribution in [-0.4, -0.2) is 33.3 Å². The summed E-state index contributed by atoms with van der Waals surface area (Å²) < 4.78 is 27.2. The Labute approximate surface area is 182 Å². The molecule has 0 amide bonds. The van der Waals surface area contributed by atoms with Crippen LogP contribution in [0.2, 0.25) is 4.44 Å². The number of benzene rings is 2. The van der Waals surface area contributed by atoms with Gasteiger partial charge in [0.15, 0.2) is 0 Å². The number of fused-ring (bicyclic) bond motifs is 1. The fraction of sp³-hybridized carbons (Fsp3) is 0.583. The topological polar surface area (TPSA) is 34.1 Å². The molecule has 4 heteroatoms. The number of rotatable bonds is 15. The Morgan fingerprint density at radius 1 is 0.714 bits per heavy atom. The summed E-state index contributed by atoms with van der Waals surface area (Å²) in [5.74, 6) is 0. The molecule has 28 heavy (non-hydrogen) atoms. The van der Waals surface area contributed by atoms with E-state index in [1.165, 1.54) is 75.1 Å². The second kappa shape index (κ2) is 13.6. The normalized spacial score (nSPS) is 11.9. The van der Waals surface area contributed by atoms with Crippen LogP contribution < -0.4 is 0 Å². The molecule has 2 aromatic carbocycles. The van der Waals surface area contributed by atoms with Crippen LogP contribution in [0.25, 0.3) is 10.8 Å². The molecule has 0 aliphatic carbocycles. The maximum absolute atomic E-state index is 12.8. The van der Waals surface area contributed by atoms with Crippen molar-refractivity contribution in [2.75, 3.05) is 3.77 Å². The molecule has 154 valence electrons. The van der Waals surface area contributed by atoms with Crippen LogP contribution in [0, 0.1) is 0 Å². The quantitative estimate of drug-likeness (QED) is 0.192. The average Bonchev–Trinajstić information content (AvgIpc) is 2.71. The van der Waals surface area contributed by atoms with Gasteiger partial charge in [0.05, 0.1) is 0 Å². The van der Waals surface area contributed by atoms with E-state index in [-0.39, 0.29) is 0 Å². The van der Waals surface area contributed by atoms with E-state index in [0.29, 0.717) is 8.66 Å². The molecule has 2 rings (SSSR count). The zero-order valence-corrected chi connectivity index (χ0v) is 21.1. The molecule has 0 aliphatic heterocycles. The Kier molecular flexibility index (Phi) is 11.6. The van der Waals surface area contributed by atoms with Gasteiger partial charge in [-0.2, -0.15) is 0 Å².